The number of aliphatic hydroxyl groups is 1. The van der Waals surface area contributed by atoms with Gasteiger partial charge in [0.15, 0.2) is 5.60 Å². The van der Waals surface area contributed by atoms with E-state index in [1.54, 1.807) is 7.11 Å². The number of hydrogen-bond acceptors (Lipinski definition) is 6. The van der Waals surface area contributed by atoms with E-state index in [0.717, 1.165) is 49.8 Å². The molecule has 0 bridgehead atoms. The van der Waals surface area contributed by atoms with Gasteiger partial charge in [-0.05, 0) is 49.1 Å². The molecule has 1 saturated heterocycles. The number of ether oxygens (including phenoxy) is 4. The minimum atomic E-state index is -0.862. The second kappa shape index (κ2) is 13.8. The molecule has 2 aromatic carbocycles. The van der Waals surface area contributed by atoms with Crippen LogP contribution < -0.4 is 9.47 Å². The second-order valence-corrected chi connectivity index (χ2v) is 8.70. The molecule has 1 N–H and O–H groups in total. The van der Waals surface area contributed by atoms with Gasteiger partial charge in [-0.25, -0.2) is 4.79 Å². The summed E-state index contributed by atoms with van der Waals surface area (Å²) in [5.74, 6) is 1.14. The molecule has 2 aromatic rings. The highest BCUT2D eigenvalue weighted by molar-refractivity contribution is 5.91. The van der Waals surface area contributed by atoms with Gasteiger partial charge in [-0.3, -0.25) is 0 Å². The summed E-state index contributed by atoms with van der Waals surface area (Å²) in [7, 11) is 1.62. The van der Waals surface area contributed by atoms with Crippen molar-refractivity contribution in [2.45, 2.75) is 57.2 Å². The van der Waals surface area contributed by atoms with E-state index >= 15 is 0 Å². The number of methoxy groups -OCH3 is 1. The number of esters is 1. The molecule has 1 aliphatic rings. The molecule has 0 radical (unpaired) electrons. The van der Waals surface area contributed by atoms with E-state index in [1.807, 2.05) is 60.7 Å². The Bertz CT molecular complexity index is 893. The first-order valence-electron chi connectivity index (χ1n) is 12.1. The molecule has 1 aliphatic heterocycles. The third-order valence-corrected chi connectivity index (χ3v) is 5.87. The molecule has 6 heteroatoms. The van der Waals surface area contributed by atoms with Crippen molar-refractivity contribution in [3.05, 3.63) is 71.8 Å². The van der Waals surface area contributed by atoms with Gasteiger partial charge in [0.25, 0.3) is 0 Å². The van der Waals surface area contributed by atoms with Crippen LogP contribution in [0.15, 0.2) is 66.2 Å². The average molecular weight is 469 g/mol. The van der Waals surface area contributed by atoms with Crippen molar-refractivity contribution < 1.29 is 28.8 Å². The van der Waals surface area contributed by atoms with E-state index in [0.29, 0.717) is 24.4 Å². The van der Waals surface area contributed by atoms with Crippen LogP contribution in [0.2, 0.25) is 0 Å². The van der Waals surface area contributed by atoms with Crippen LogP contribution in [0, 0.1) is 0 Å². The van der Waals surface area contributed by atoms with Crippen molar-refractivity contribution >= 4 is 5.97 Å². The van der Waals surface area contributed by atoms with Gasteiger partial charge < -0.3 is 24.1 Å². The molecule has 1 fully saturated rings. The summed E-state index contributed by atoms with van der Waals surface area (Å²) >= 11 is 0. The van der Waals surface area contributed by atoms with Crippen LogP contribution in [0.25, 0.3) is 0 Å². The zero-order valence-corrected chi connectivity index (χ0v) is 20.0. The summed E-state index contributed by atoms with van der Waals surface area (Å²) < 4.78 is 23.1. The number of rotatable bonds is 15. The summed E-state index contributed by atoms with van der Waals surface area (Å²) in [5.41, 5.74) is 0.894. The van der Waals surface area contributed by atoms with Crippen molar-refractivity contribution in [2.75, 3.05) is 26.9 Å². The van der Waals surface area contributed by atoms with E-state index < -0.39 is 5.60 Å². The molecule has 34 heavy (non-hydrogen) atoms. The molecule has 0 aromatic heterocycles. The highest BCUT2D eigenvalue weighted by Crippen LogP contribution is 2.33. The number of cyclic esters (lactones) is 1. The van der Waals surface area contributed by atoms with Crippen LogP contribution in [0.3, 0.4) is 0 Å². The average Bonchev–Trinajstić information content (AvgIpc) is 3.18. The van der Waals surface area contributed by atoms with Gasteiger partial charge in [0, 0.05) is 18.6 Å². The fourth-order valence-electron chi connectivity index (χ4n) is 3.95. The summed E-state index contributed by atoms with van der Waals surface area (Å²) in [5, 5.41) is 8.87. The number of carbonyl (C=O) groups is 1. The first-order valence-corrected chi connectivity index (χ1v) is 12.1. The highest BCUT2D eigenvalue weighted by Gasteiger charge is 2.45. The molecule has 0 spiro atoms. The van der Waals surface area contributed by atoms with Gasteiger partial charge in [0.1, 0.15) is 18.1 Å². The Hall–Kier alpha value is -2.83. The molecule has 3 rings (SSSR count). The minimum absolute atomic E-state index is 0.207. The van der Waals surface area contributed by atoms with E-state index in [1.165, 1.54) is 0 Å². The molecular weight excluding hydrogens is 432 g/mol. The van der Waals surface area contributed by atoms with Crippen molar-refractivity contribution in [3.63, 3.8) is 0 Å². The Kier molecular flexibility index (Phi) is 10.4. The maximum Gasteiger partial charge on any atom is 0.334 e. The number of allylic oxidation sites excluding steroid dienone is 1. The zero-order chi connectivity index (χ0) is 24.1. The van der Waals surface area contributed by atoms with E-state index in [2.05, 4.69) is 0 Å². The largest absolute Gasteiger partial charge is 0.497 e. The number of benzene rings is 2. The fourth-order valence-corrected chi connectivity index (χ4v) is 3.95. The van der Waals surface area contributed by atoms with Gasteiger partial charge in [-0.15, -0.1) is 0 Å². The molecule has 1 unspecified atom stereocenters. The van der Waals surface area contributed by atoms with Crippen LogP contribution in [0.4, 0.5) is 0 Å². The quantitative estimate of drug-likeness (QED) is 0.219. The van der Waals surface area contributed by atoms with Gasteiger partial charge in [0.05, 0.1) is 20.3 Å². The SMILES string of the molecule is COc1ccc(OCC2(COCc3ccccc3)C/C(=C\CCCCCCCO)C(=O)O2)cc1. The number of aliphatic hydroxyl groups excluding tert-OH is 1. The summed E-state index contributed by atoms with van der Waals surface area (Å²) in [6, 6.07) is 17.3. The van der Waals surface area contributed by atoms with Crippen LogP contribution in [0.5, 0.6) is 11.5 Å². The maximum absolute atomic E-state index is 12.7. The van der Waals surface area contributed by atoms with Crippen LogP contribution in [-0.2, 0) is 20.9 Å². The Morgan fingerprint density at radius 1 is 0.941 bits per heavy atom. The van der Waals surface area contributed by atoms with Crippen molar-refractivity contribution in [1.29, 1.82) is 0 Å². The lowest BCUT2D eigenvalue weighted by molar-refractivity contribution is -0.156. The normalized spacial score (nSPS) is 18.8. The van der Waals surface area contributed by atoms with Gasteiger partial charge in [0.2, 0.25) is 0 Å². The Balaban J connectivity index is 1.59. The predicted octanol–water partition coefficient (Wildman–Crippen LogP) is 5.24. The third kappa shape index (κ3) is 8.19. The first kappa shape index (κ1) is 25.8. The maximum atomic E-state index is 12.7. The molecule has 0 saturated carbocycles. The van der Waals surface area contributed by atoms with E-state index in [-0.39, 0.29) is 25.8 Å². The zero-order valence-electron chi connectivity index (χ0n) is 20.0. The first-order chi connectivity index (χ1) is 16.6. The van der Waals surface area contributed by atoms with Crippen molar-refractivity contribution in [1.82, 2.24) is 0 Å². The third-order valence-electron chi connectivity index (χ3n) is 5.87. The lowest BCUT2D eigenvalue weighted by atomic mass is 9.98. The lowest BCUT2D eigenvalue weighted by Crippen LogP contribution is -2.40. The summed E-state index contributed by atoms with van der Waals surface area (Å²) in [4.78, 5) is 12.7. The number of unbranched alkanes of at least 4 members (excludes halogenated alkanes) is 5. The van der Waals surface area contributed by atoms with Crippen LogP contribution >= 0.6 is 0 Å². The number of hydrogen-bond donors (Lipinski definition) is 1. The molecular formula is C28H36O6. The second-order valence-electron chi connectivity index (χ2n) is 8.70. The Morgan fingerprint density at radius 3 is 2.38 bits per heavy atom. The van der Waals surface area contributed by atoms with Gasteiger partial charge in [-0.2, -0.15) is 0 Å². The summed E-state index contributed by atoms with van der Waals surface area (Å²) in [6.07, 6.45) is 8.40. The molecule has 1 atom stereocenters. The Labute approximate surface area is 202 Å². The molecule has 0 amide bonds. The summed E-state index contributed by atoms with van der Waals surface area (Å²) in [6.45, 7) is 1.15. The standard InChI is InChI=1S/C28H36O6/c1-31-25-14-16-26(17-15-25)33-22-28(21-32-20-23-11-7-6-8-12-23)19-24(27(30)34-28)13-9-4-2-3-5-10-18-29/h6-8,11-17,29H,2-5,9-10,18-22H2,1H3/b24-13+. The molecule has 184 valence electrons. The minimum Gasteiger partial charge on any atom is -0.497 e. The highest BCUT2D eigenvalue weighted by atomic mass is 16.6. The van der Waals surface area contributed by atoms with Crippen molar-refractivity contribution in [2.24, 2.45) is 0 Å². The molecule has 1 heterocycles. The molecule has 0 aliphatic carbocycles. The van der Waals surface area contributed by atoms with Crippen LogP contribution in [-0.4, -0.2) is 43.6 Å². The van der Waals surface area contributed by atoms with Crippen LogP contribution in [0.1, 0.15) is 50.5 Å². The smallest absolute Gasteiger partial charge is 0.334 e. The van der Waals surface area contributed by atoms with Gasteiger partial charge >= 0.3 is 5.97 Å². The van der Waals surface area contributed by atoms with E-state index in [9.17, 15) is 4.79 Å². The number of carbonyl (C=O) groups excluding carboxylic acids is 1. The lowest BCUT2D eigenvalue weighted by Gasteiger charge is -2.27. The van der Waals surface area contributed by atoms with Crippen molar-refractivity contribution in [3.8, 4) is 11.5 Å². The predicted molar refractivity (Wildman–Crippen MR) is 131 cm³/mol. The monoisotopic (exact) mass is 468 g/mol. The van der Waals surface area contributed by atoms with E-state index in [4.69, 9.17) is 24.1 Å². The fraction of sp³-hybridized carbons (Fsp3) is 0.464. The Morgan fingerprint density at radius 2 is 1.65 bits per heavy atom. The topological polar surface area (TPSA) is 74.2 Å². The molecule has 6 nitrogen and oxygen atoms in total. The van der Waals surface area contributed by atoms with Gasteiger partial charge in [-0.1, -0.05) is 55.7 Å².